The van der Waals surface area contributed by atoms with E-state index in [0.717, 1.165) is 11.1 Å². The van der Waals surface area contributed by atoms with E-state index in [4.69, 9.17) is 16.7 Å². The van der Waals surface area contributed by atoms with E-state index in [1.807, 2.05) is 6.07 Å². The van der Waals surface area contributed by atoms with Crippen molar-refractivity contribution >= 4 is 11.6 Å². The van der Waals surface area contributed by atoms with Crippen molar-refractivity contribution in [1.29, 1.82) is 0 Å². The lowest BCUT2D eigenvalue weighted by Gasteiger charge is -2.08. The summed E-state index contributed by atoms with van der Waals surface area (Å²) >= 11 is 5.77. The molecule has 0 saturated heterocycles. The summed E-state index contributed by atoms with van der Waals surface area (Å²) < 4.78 is 0. The molecule has 0 aliphatic carbocycles. The molecule has 1 unspecified atom stereocenters. The SMILES string of the molecule is Cc1cc(CC(C)O)cc(Cl)c1O. The Hall–Kier alpha value is -0.730. The van der Waals surface area contributed by atoms with Gasteiger partial charge in [0.25, 0.3) is 0 Å². The Bertz CT molecular complexity index is 285. The molecule has 0 aliphatic heterocycles. The molecule has 1 aromatic rings. The first-order valence-electron chi connectivity index (χ1n) is 4.16. The summed E-state index contributed by atoms with van der Waals surface area (Å²) in [6.07, 6.45) is 0.168. The van der Waals surface area contributed by atoms with Gasteiger partial charge in [-0.25, -0.2) is 0 Å². The molecule has 0 bridgehead atoms. The zero-order valence-electron chi connectivity index (χ0n) is 7.71. The van der Waals surface area contributed by atoms with Gasteiger partial charge in [-0.3, -0.25) is 0 Å². The molecular weight excluding hydrogens is 188 g/mol. The van der Waals surface area contributed by atoms with Gasteiger partial charge in [-0.05, 0) is 37.5 Å². The lowest BCUT2D eigenvalue weighted by molar-refractivity contribution is 0.195. The second-order valence-electron chi connectivity index (χ2n) is 3.30. The molecule has 0 saturated carbocycles. The first kappa shape index (κ1) is 10.4. The predicted octanol–water partition coefficient (Wildman–Crippen LogP) is 2.28. The van der Waals surface area contributed by atoms with Crippen molar-refractivity contribution in [3.63, 3.8) is 0 Å². The second kappa shape index (κ2) is 3.99. The summed E-state index contributed by atoms with van der Waals surface area (Å²) in [4.78, 5) is 0. The normalized spacial score (nSPS) is 12.9. The van der Waals surface area contributed by atoms with E-state index in [1.54, 1.807) is 19.9 Å². The summed E-state index contributed by atoms with van der Waals surface area (Å²) in [5.41, 5.74) is 1.68. The molecule has 72 valence electrons. The van der Waals surface area contributed by atoms with Crippen LogP contribution in [0.25, 0.3) is 0 Å². The van der Waals surface area contributed by atoms with Crippen molar-refractivity contribution in [2.75, 3.05) is 0 Å². The van der Waals surface area contributed by atoms with Crippen LogP contribution in [-0.4, -0.2) is 16.3 Å². The molecule has 0 heterocycles. The van der Waals surface area contributed by atoms with Crippen molar-refractivity contribution < 1.29 is 10.2 Å². The van der Waals surface area contributed by atoms with Crippen LogP contribution in [0.1, 0.15) is 18.1 Å². The quantitative estimate of drug-likeness (QED) is 0.769. The zero-order valence-corrected chi connectivity index (χ0v) is 8.47. The van der Waals surface area contributed by atoms with Crippen molar-refractivity contribution in [3.8, 4) is 5.75 Å². The van der Waals surface area contributed by atoms with Crippen LogP contribution in [0.15, 0.2) is 12.1 Å². The van der Waals surface area contributed by atoms with Crippen molar-refractivity contribution in [2.45, 2.75) is 26.4 Å². The minimum absolute atomic E-state index is 0.121. The largest absolute Gasteiger partial charge is 0.506 e. The third-order valence-electron chi connectivity index (χ3n) is 1.84. The molecule has 3 heteroatoms. The Balaban J connectivity index is 2.99. The highest BCUT2D eigenvalue weighted by Gasteiger charge is 2.06. The summed E-state index contributed by atoms with van der Waals surface area (Å²) in [7, 11) is 0. The first-order chi connectivity index (χ1) is 6.00. The van der Waals surface area contributed by atoms with Gasteiger partial charge in [0.15, 0.2) is 0 Å². The maximum Gasteiger partial charge on any atom is 0.137 e. The van der Waals surface area contributed by atoms with Crippen LogP contribution in [0, 0.1) is 6.92 Å². The second-order valence-corrected chi connectivity index (χ2v) is 3.70. The molecule has 0 amide bonds. The van der Waals surface area contributed by atoms with Crippen LogP contribution in [0.4, 0.5) is 0 Å². The third kappa shape index (κ3) is 2.61. The fraction of sp³-hybridized carbons (Fsp3) is 0.400. The van der Waals surface area contributed by atoms with Crippen molar-refractivity contribution in [2.24, 2.45) is 0 Å². The zero-order chi connectivity index (χ0) is 10.0. The molecule has 1 atom stereocenters. The summed E-state index contributed by atoms with van der Waals surface area (Å²) in [6, 6.07) is 3.50. The van der Waals surface area contributed by atoms with Gasteiger partial charge in [0, 0.05) is 0 Å². The number of phenols is 1. The third-order valence-corrected chi connectivity index (χ3v) is 2.13. The first-order valence-corrected chi connectivity index (χ1v) is 4.54. The van der Waals surface area contributed by atoms with Gasteiger partial charge in [0.1, 0.15) is 5.75 Å². The van der Waals surface area contributed by atoms with Gasteiger partial charge in [-0.2, -0.15) is 0 Å². The molecular formula is C10H13ClO2. The number of aliphatic hydroxyl groups is 1. The van der Waals surface area contributed by atoms with E-state index in [9.17, 15) is 5.11 Å². The molecule has 13 heavy (non-hydrogen) atoms. The summed E-state index contributed by atoms with van der Waals surface area (Å²) in [6.45, 7) is 3.50. The molecule has 0 aromatic heterocycles. The van der Waals surface area contributed by atoms with E-state index in [1.165, 1.54) is 0 Å². The molecule has 0 fully saturated rings. The average molecular weight is 201 g/mol. The minimum atomic E-state index is -0.389. The topological polar surface area (TPSA) is 40.5 Å². The van der Waals surface area contributed by atoms with Gasteiger partial charge in [0.2, 0.25) is 0 Å². The Kier molecular flexibility index (Phi) is 3.17. The molecule has 1 rings (SSSR count). The predicted molar refractivity (Wildman–Crippen MR) is 53.2 cm³/mol. The molecule has 1 aromatic carbocycles. The van der Waals surface area contributed by atoms with E-state index in [0.29, 0.717) is 11.4 Å². The van der Waals surface area contributed by atoms with Crippen LogP contribution in [0.5, 0.6) is 5.75 Å². The highest BCUT2D eigenvalue weighted by atomic mass is 35.5. The monoisotopic (exact) mass is 200 g/mol. The number of hydrogen-bond donors (Lipinski definition) is 2. The number of phenolic OH excluding ortho intramolecular Hbond substituents is 1. The molecule has 0 aliphatic rings. The van der Waals surface area contributed by atoms with Crippen molar-refractivity contribution in [3.05, 3.63) is 28.3 Å². The molecule has 2 N–H and O–H groups in total. The van der Waals surface area contributed by atoms with Gasteiger partial charge in [-0.15, -0.1) is 0 Å². The van der Waals surface area contributed by atoms with Crippen LogP contribution < -0.4 is 0 Å². The van der Waals surface area contributed by atoms with Crippen molar-refractivity contribution in [1.82, 2.24) is 0 Å². The van der Waals surface area contributed by atoms with E-state index in [-0.39, 0.29) is 11.9 Å². The number of benzene rings is 1. The number of aromatic hydroxyl groups is 1. The van der Waals surface area contributed by atoms with Crippen LogP contribution >= 0.6 is 11.6 Å². The lowest BCUT2D eigenvalue weighted by Crippen LogP contribution is -2.04. The summed E-state index contributed by atoms with van der Waals surface area (Å²) in [5.74, 6) is 0.121. The fourth-order valence-corrected chi connectivity index (χ4v) is 1.56. The van der Waals surface area contributed by atoms with Gasteiger partial charge in [-0.1, -0.05) is 17.7 Å². The van der Waals surface area contributed by atoms with E-state index < -0.39 is 0 Å². The van der Waals surface area contributed by atoms with E-state index >= 15 is 0 Å². The van der Waals surface area contributed by atoms with Crippen LogP contribution in [-0.2, 0) is 6.42 Å². The Morgan fingerprint density at radius 1 is 1.46 bits per heavy atom. The molecule has 2 nitrogen and oxygen atoms in total. The average Bonchev–Trinajstić information content (AvgIpc) is 1.98. The lowest BCUT2D eigenvalue weighted by atomic mass is 10.1. The highest BCUT2D eigenvalue weighted by Crippen LogP contribution is 2.28. The Morgan fingerprint density at radius 2 is 2.08 bits per heavy atom. The Morgan fingerprint density at radius 3 is 2.54 bits per heavy atom. The maximum absolute atomic E-state index is 9.37. The maximum atomic E-state index is 9.37. The number of hydrogen-bond acceptors (Lipinski definition) is 2. The molecule has 0 radical (unpaired) electrons. The van der Waals surface area contributed by atoms with Gasteiger partial charge in [0.05, 0.1) is 11.1 Å². The standard InChI is InChI=1S/C10H13ClO2/c1-6-3-8(4-7(2)12)5-9(11)10(6)13/h3,5,7,12-13H,4H2,1-2H3. The smallest absolute Gasteiger partial charge is 0.137 e. The van der Waals surface area contributed by atoms with Crippen LogP contribution in [0.2, 0.25) is 5.02 Å². The summed E-state index contributed by atoms with van der Waals surface area (Å²) in [5, 5.41) is 18.9. The van der Waals surface area contributed by atoms with Gasteiger partial charge >= 0.3 is 0 Å². The molecule has 0 spiro atoms. The fourth-order valence-electron chi connectivity index (χ4n) is 1.27. The highest BCUT2D eigenvalue weighted by molar-refractivity contribution is 6.32. The number of halogens is 1. The Labute approximate surface area is 82.8 Å². The van der Waals surface area contributed by atoms with Crippen LogP contribution in [0.3, 0.4) is 0 Å². The van der Waals surface area contributed by atoms with E-state index in [2.05, 4.69) is 0 Å². The number of rotatable bonds is 2. The number of aliphatic hydroxyl groups excluding tert-OH is 1. The minimum Gasteiger partial charge on any atom is -0.506 e. The van der Waals surface area contributed by atoms with Gasteiger partial charge < -0.3 is 10.2 Å². The number of aryl methyl sites for hydroxylation is 1.